The highest BCUT2D eigenvalue weighted by Gasteiger charge is 2.64. The molecular formula is C26H35F2N. The van der Waals surface area contributed by atoms with Gasteiger partial charge in [0.1, 0.15) is 5.82 Å². The van der Waals surface area contributed by atoms with E-state index in [-0.39, 0.29) is 17.7 Å². The maximum atomic E-state index is 17.5. The fraction of sp³-hybridized carbons (Fsp3) is 0.538. The van der Waals surface area contributed by atoms with Gasteiger partial charge in [-0.2, -0.15) is 0 Å². The van der Waals surface area contributed by atoms with Crippen LogP contribution < -0.4 is 4.90 Å². The minimum Gasteiger partial charge on any atom is -0.330 e. The largest absolute Gasteiger partial charge is 0.330 e. The SMILES string of the molecule is CC(C)c1cccc(C(C)C)c1N1C(C)(C)CC(C)(C)C1(F)c1ccc(F)cc1. The van der Waals surface area contributed by atoms with Crippen LogP contribution in [-0.4, -0.2) is 5.54 Å². The van der Waals surface area contributed by atoms with Gasteiger partial charge in [0.15, 0.2) is 0 Å². The highest BCUT2D eigenvalue weighted by molar-refractivity contribution is 5.67. The molecule has 29 heavy (non-hydrogen) atoms. The molecule has 0 radical (unpaired) electrons. The lowest BCUT2D eigenvalue weighted by atomic mass is 9.76. The van der Waals surface area contributed by atoms with Crippen molar-refractivity contribution in [1.82, 2.24) is 0 Å². The van der Waals surface area contributed by atoms with Crippen molar-refractivity contribution in [1.29, 1.82) is 0 Å². The van der Waals surface area contributed by atoms with Gasteiger partial charge in [-0.3, -0.25) is 0 Å². The van der Waals surface area contributed by atoms with Crippen LogP contribution in [0.3, 0.4) is 0 Å². The molecule has 2 aromatic rings. The fourth-order valence-corrected chi connectivity index (χ4v) is 5.41. The Morgan fingerprint density at radius 1 is 0.828 bits per heavy atom. The molecular weight excluding hydrogens is 364 g/mol. The summed E-state index contributed by atoms with van der Waals surface area (Å²) >= 11 is 0. The Morgan fingerprint density at radius 3 is 1.76 bits per heavy atom. The van der Waals surface area contributed by atoms with E-state index in [4.69, 9.17) is 0 Å². The second kappa shape index (κ2) is 7.11. The van der Waals surface area contributed by atoms with Crippen molar-refractivity contribution in [3.8, 4) is 0 Å². The molecule has 158 valence electrons. The lowest BCUT2D eigenvalue weighted by molar-refractivity contribution is 0.0458. The number of alkyl halides is 1. The van der Waals surface area contributed by atoms with Crippen LogP contribution in [0.15, 0.2) is 42.5 Å². The summed E-state index contributed by atoms with van der Waals surface area (Å²) in [7, 11) is 0. The first-order valence-corrected chi connectivity index (χ1v) is 10.7. The first-order valence-electron chi connectivity index (χ1n) is 10.7. The third-order valence-corrected chi connectivity index (χ3v) is 6.48. The van der Waals surface area contributed by atoms with Crippen molar-refractivity contribution in [2.75, 3.05) is 4.90 Å². The molecule has 0 aromatic heterocycles. The maximum Gasteiger partial charge on any atom is 0.214 e. The van der Waals surface area contributed by atoms with Crippen molar-refractivity contribution >= 4 is 5.69 Å². The summed E-state index contributed by atoms with van der Waals surface area (Å²) < 4.78 is 31.2. The van der Waals surface area contributed by atoms with E-state index in [1.807, 2.05) is 18.7 Å². The number of halogens is 2. The first-order chi connectivity index (χ1) is 13.3. The average molecular weight is 400 g/mol. The number of hydrogen-bond acceptors (Lipinski definition) is 1. The van der Waals surface area contributed by atoms with Crippen LogP contribution >= 0.6 is 0 Å². The molecule has 1 aliphatic rings. The van der Waals surface area contributed by atoms with E-state index in [1.54, 1.807) is 12.1 Å². The number of benzene rings is 2. The van der Waals surface area contributed by atoms with Crippen LogP contribution in [0.5, 0.6) is 0 Å². The molecule has 1 atom stereocenters. The topological polar surface area (TPSA) is 3.24 Å². The molecule has 0 spiro atoms. The van der Waals surface area contributed by atoms with E-state index < -0.39 is 16.7 Å². The van der Waals surface area contributed by atoms with E-state index >= 15 is 4.39 Å². The predicted octanol–water partition coefficient (Wildman–Crippen LogP) is 7.91. The minimum absolute atomic E-state index is 0.265. The van der Waals surface area contributed by atoms with Gasteiger partial charge in [-0.15, -0.1) is 0 Å². The first kappa shape index (κ1) is 21.8. The molecule has 0 aliphatic carbocycles. The smallest absolute Gasteiger partial charge is 0.214 e. The highest BCUT2D eigenvalue weighted by atomic mass is 19.1. The summed E-state index contributed by atoms with van der Waals surface area (Å²) in [6.45, 7) is 16.9. The summed E-state index contributed by atoms with van der Waals surface area (Å²) in [5.74, 6) is -1.57. The lowest BCUT2D eigenvalue weighted by Crippen LogP contribution is -2.51. The summed E-state index contributed by atoms with van der Waals surface area (Å²) in [6.07, 6.45) is 0.692. The second-order valence-corrected chi connectivity index (χ2v) is 10.4. The second-order valence-electron chi connectivity index (χ2n) is 10.4. The number of hydrogen-bond donors (Lipinski definition) is 0. The van der Waals surface area contributed by atoms with E-state index in [9.17, 15) is 4.39 Å². The summed E-state index contributed by atoms with van der Waals surface area (Å²) in [6, 6.07) is 12.3. The van der Waals surface area contributed by atoms with Crippen molar-refractivity contribution in [2.24, 2.45) is 5.41 Å². The average Bonchev–Trinajstić information content (AvgIpc) is 2.75. The zero-order valence-corrected chi connectivity index (χ0v) is 19.1. The molecule has 1 unspecified atom stereocenters. The molecule has 0 saturated carbocycles. The predicted molar refractivity (Wildman–Crippen MR) is 119 cm³/mol. The van der Waals surface area contributed by atoms with Gasteiger partial charge in [-0.25, -0.2) is 8.78 Å². The zero-order chi connectivity index (χ0) is 21.8. The van der Waals surface area contributed by atoms with Crippen molar-refractivity contribution < 1.29 is 8.78 Å². The minimum atomic E-state index is -1.75. The Hall–Kier alpha value is -1.90. The summed E-state index contributed by atoms with van der Waals surface area (Å²) in [5, 5.41) is 0. The fourth-order valence-electron chi connectivity index (χ4n) is 5.41. The molecule has 3 rings (SSSR count). The van der Waals surface area contributed by atoms with E-state index in [2.05, 4.69) is 59.7 Å². The molecule has 1 saturated heterocycles. The molecule has 0 bridgehead atoms. The van der Waals surface area contributed by atoms with Gasteiger partial charge in [0.2, 0.25) is 5.79 Å². The van der Waals surface area contributed by atoms with E-state index in [0.717, 1.165) is 16.8 Å². The quantitative estimate of drug-likeness (QED) is 0.472. The molecule has 1 nitrogen and oxygen atoms in total. The highest BCUT2D eigenvalue weighted by Crippen LogP contribution is 2.62. The molecule has 1 heterocycles. The normalized spacial score (nSPS) is 23.2. The number of para-hydroxylation sites is 1. The number of anilines is 1. The molecule has 1 aliphatic heterocycles. The van der Waals surface area contributed by atoms with E-state index in [1.165, 1.54) is 12.1 Å². The molecule has 3 heteroatoms. The monoisotopic (exact) mass is 399 g/mol. The van der Waals surface area contributed by atoms with Gasteiger partial charge in [-0.1, -0.05) is 71.9 Å². The van der Waals surface area contributed by atoms with Gasteiger partial charge in [0, 0.05) is 22.2 Å². The Morgan fingerprint density at radius 2 is 1.31 bits per heavy atom. The van der Waals surface area contributed by atoms with Gasteiger partial charge in [0.25, 0.3) is 0 Å². The van der Waals surface area contributed by atoms with Crippen LogP contribution in [0, 0.1) is 11.2 Å². The summed E-state index contributed by atoms with van der Waals surface area (Å²) in [5.41, 5.74) is 2.79. The van der Waals surface area contributed by atoms with Gasteiger partial charge in [-0.05, 0) is 55.4 Å². The third-order valence-electron chi connectivity index (χ3n) is 6.48. The molecule has 1 fully saturated rings. The van der Waals surface area contributed by atoms with Crippen molar-refractivity contribution in [3.63, 3.8) is 0 Å². The van der Waals surface area contributed by atoms with Crippen molar-refractivity contribution in [2.45, 2.75) is 85.0 Å². The van der Waals surface area contributed by atoms with Crippen LogP contribution in [0.25, 0.3) is 0 Å². The Bertz CT molecular complexity index is 854. The lowest BCUT2D eigenvalue weighted by Gasteiger charge is -2.47. The van der Waals surface area contributed by atoms with Crippen LogP contribution in [0.1, 0.15) is 90.3 Å². The number of rotatable bonds is 4. The van der Waals surface area contributed by atoms with Crippen LogP contribution in [0.2, 0.25) is 0 Å². The zero-order valence-electron chi connectivity index (χ0n) is 19.1. The van der Waals surface area contributed by atoms with Gasteiger partial charge in [0.05, 0.1) is 0 Å². The standard InChI is InChI=1S/C26H35F2N/c1-17(2)21-10-9-11-22(18(3)4)23(21)29-25(7,8)16-24(5,6)26(29,28)19-12-14-20(27)15-13-19/h9-15,17-18H,16H2,1-8H3. The molecule has 0 N–H and O–H groups in total. The molecule has 2 aromatic carbocycles. The van der Waals surface area contributed by atoms with Gasteiger partial charge >= 0.3 is 0 Å². The maximum absolute atomic E-state index is 17.5. The Labute approximate surface area is 175 Å². The third kappa shape index (κ3) is 3.37. The summed E-state index contributed by atoms with van der Waals surface area (Å²) in [4.78, 5) is 2.01. The van der Waals surface area contributed by atoms with Crippen LogP contribution in [0.4, 0.5) is 14.5 Å². The van der Waals surface area contributed by atoms with Crippen LogP contribution in [-0.2, 0) is 5.79 Å². The Balaban J connectivity index is 2.38. The molecule has 0 amide bonds. The van der Waals surface area contributed by atoms with E-state index in [0.29, 0.717) is 12.0 Å². The van der Waals surface area contributed by atoms with Crippen molar-refractivity contribution in [3.05, 3.63) is 65.0 Å². The number of nitrogens with zero attached hydrogens (tertiary/aromatic N) is 1. The Kier molecular flexibility index (Phi) is 5.34. The van der Waals surface area contributed by atoms with Gasteiger partial charge < -0.3 is 4.90 Å².